The predicted octanol–water partition coefficient (Wildman–Crippen LogP) is 35.8. The number of fused-ring (bicyclic) bond motifs is 8. The van der Waals surface area contributed by atoms with Gasteiger partial charge in [-0.3, -0.25) is 0 Å². The second-order valence-corrected chi connectivity index (χ2v) is 33.6. The van der Waals surface area contributed by atoms with Gasteiger partial charge in [0.25, 0.3) is 0 Å². The van der Waals surface area contributed by atoms with E-state index in [9.17, 15) is 0 Å². The van der Waals surface area contributed by atoms with Crippen molar-refractivity contribution in [3.8, 4) is 33.4 Å². The largest absolute Gasteiger partial charge is 0.184 e. The molecule has 24 aromatic rings. The Kier molecular flexibility index (Phi) is 34.7. The number of rotatable bonds is 12. The molecule has 0 heterocycles. The van der Waals surface area contributed by atoms with Gasteiger partial charge in [-0.2, -0.15) is 72.8 Å². The van der Waals surface area contributed by atoms with Crippen LogP contribution in [0.3, 0.4) is 0 Å². The van der Waals surface area contributed by atoms with E-state index in [2.05, 4.69) is 534 Å². The average Bonchev–Trinajstić information content (AvgIpc) is 1.40. The van der Waals surface area contributed by atoms with E-state index in [1.807, 2.05) is 109 Å². The molecule has 0 aromatic heterocycles. The maximum Gasteiger partial charge on any atom is 0.0713 e. The Morgan fingerprint density at radius 3 is 0.655 bits per heavy atom. The van der Waals surface area contributed by atoms with Crippen LogP contribution in [0.15, 0.2) is 631 Å². The summed E-state index contributed by atoms with van der Waals surface area (Å²) in [6.07, 6.45) is 1.90. The minimum atomic E-state index is -0.328. The van der Waals surface area contributed by atoms with Gasteiger partial charge in [0.2, 0.25) is 0 Å². The zero-order chi connectivity index (χ0) is 93.5. The van der Waals surface area contributed by atoms with E-state index >= 15 is 0 Å². The fraction of sp³-hybridized carbons (Fsp3) is 0.0290. The molecule has 1 aliphatic rings. The van der Waals surface area contributed by atoms with Gasteiger partial charge in [-0.05, 0) is 167 Å². The first kappa shape index (κ1) is 95.8. The van der Waals surface area contributed by atoms with Crippen LogP contribution in [0.25, 0.3) is 87.2 Å². The van der Waals surface area contributed by atoms with Crippen molar-refractivity contribution in [3.05, 3.63) is 710 Å². The minimum absolute atomic E-state index is 0. The van der Waals surface area contributed by atoms with Gasteiger partial charge in [0.05, 0.1) is 10.8 Å². The van der Waals surface area contributed by atoms with E-state index < -0.39 is 0 Å². The molecule has 0 fully saturated rings. The fourth-order valence-corrected chi connectivity index (χ4v) is 18.8. The summed E-state index contributed by atoms with van der Waals surface area (Å²) in [5.74, 6) is 0. The molecule has 0 nitrogen and oxygen atoms in total. The monoisotopic (exact) mass is 1850 g/mol. The summed E-state index contributed by atoms with van der Waals surface area (Å²) < 4.78 is 0. The Hall–Kier alpha value is -16.3. The van der Waals surface area contributed by atoms with Crippen LogP contribution in [0, 0.1) is 12.1 Å². The molecule has 139 heavy (non-hydrogen) atoms. The summed E-state index contributed by atoms with van der Waals surface area (Å²) in [6.45, 7) is 0. The summed E-state index contributed by atoms with van der Waals surface area (Å²) in [6, 6.07) is 227. The summed E-state index contributed by atoms with van der Waals surface area (Å²) in [7, 11) is 0. The van der Waals surface area contributed by atoms with Crippen molar-refractivity contribution in [1.29, 1.82) is 0 Å². The van der Waals surface area contributed by atoms with E-state index in [4.69, 9.17) is 0 Å². The number of benzene rings is 24. The molecule has 0 N–H and O–H groups in total. The first-order chi connectivity index (χ1) is 68.6. The van der Waals surface area contributed by atoms with Crippen LogP contribution >= 0.6 is 0 Å². The molecule has 1 radical (unpaired) electrons. The molecular formula is C138H108Y-2. The molecule has 24 aromatic carbocycles. The number of hydrogen-bond donors (Lipinski definition) is 0. The molecule has 0 saturated heterocycles. The minimum Gasteiger partial charge on any atom is -0.184 e. The maximum atomic E-state index is 2.89. The van der Waals surface area contributed by atoms with E-state index in [-0.39, 0.29) is 43.5 Å². The third kappa shape index (κ3) is 24.0. The SMILES string of the molecule is [Y].[c-]1ccccc1.[c-]1ccccc1.c1ccc(-c2ccccc2)cc1.c1ccc(C(c2ccccc2)(c2ccccc2)c2ccccc2)cc1.c1ccc(C2(c3ccccc3)c3ccccc3-c3ccccc32)cc1.c1ccc(Cc2c3ccccc3c(Cc3ccccc3)c3ccccc23)cc1.c1ccc2c(-c3cccc4ccccc34)cccc2c1.c1ccc2ccccc2c1.c1ccccc1. The maximum absolute atomic E-state index is 2.89. The van der Waals surface area contributed by atoms with Crippen LogP contribution < -0.4 is 0 Å². The van der Waals surface area contributed by atoms with Crippen LogP contribution in [0.4, 0.5) is 0 Å². The van der Waals surface area contributed by atoms with Gasteiger partial charge >= 0.3 is 0 Å². The summed E-state index contributed by atoms with van der Waals surface area (Å²) in [5.41, 5.74) is 23.3. The van der Waals surface area contributed by atoms with Gasteiger partial charge in [-0.25, -0.2) is 0 Å². The quantitative estimate of drug-likeness (QED) is 0.0650. The summed E-state index contributed by atoms with van der Waals surface area (Å²) >= 11 is 0. The average molecular weight is 1860 g/mol. The predicted molar refractivity (Wildman–Crippen MR) is 588 cm³/mol. The Labute approximate surface area is 846 Å². The van der Waals surface area contributed by atoms with Crippen LogP contribution in [0.5, 0.6) is 0 Å². The Morgan fingerprint density at radius 2 is 0.374 bits per heavy atom. The third-order valence-corrected chi connectivity index (χ3v) is 25.1. The van der Waals surface area contributed by atoms with Crippen molar-refractivity contribution in [3.63, 3.8) is 0 Å². The van der Waals surface area contributed by atoms with Crippen molar-refractivity contribution in [1.82, 2.24) is 0 Å². The molecule has 0 bridgehead atoms. The van der Waals surface area contributed by atoms with Crippen molar-refractivity contribution < 1.29 is 32.7 Å². The van der Waals surface area contributed by atoms with Crippen molar-refractivity contribution in [2.24, 2.45) is 0 Å². The van der Waals surface area contributed by atoms with Gasteiger partial charge in [-0.15, -0.1) is 0 Å². The van der Waals surface area contributed by atoms with Gasteiger partial charge in [0.15, 0.2) is 0 Å². The second kappa shape index (κ2) is 50.3. The van der Waals surface area contributed by atoms with E-state index in [0.717, 1.165) is 12.8 Å². The van der Waals surface area contributed by atoms with Crippen molar-refractivity contribution in [2.75, 3.05) is 0 Å². The molecule has 0 atom stereocenters. The van der Waals surface area contributed by atoms with Crippen LogP contribution in [-0.4, -0.2) is 0 Å². The van der Waals surface area contributed by atoms with E-state index in [0.29, 0.717) is 0 Å². The smallest absolute Gasteiger partial charge is 0.0713 e. The van der Waals surface area contributed by atoms with E-state index in [1.54, 1.807) is 0 Å². The molecule has 1 heteroatoms. The fourth-order valence-electron chi connectivity index (χ4n) is 18.8. The first-order valence-electron chi connectivity index (χ1n) is 47.4. The van der Waals surface area contributed by atoms with Crippen LogP contribution in [0.1, 0.15) is 66.8 Å². The Morgan fingerprint density at radius 1 is 0.165 bits per heavy atom. The molecule has 0 saturated carbocycles. The normalized spacial score (nSPS) is 10.9. The molecule has 665 valence electrons. The Bertz CT molecular complexity index is 6870. The molecule has 0 amide bonds. The van der Waals surface area contributed by atoms with Crippen molar-refractivity contribution in [2.45, 2.75) is 23.7 Å². The third-order valence-electron chi connectivity index (χ3n) is 25.1. The van der Waals surface area contributed by atoms with Crippen molar-refractivity contribution >= 4 is 53.9 Å². The van der Waals surface area contributed by atoms with Gasteiger partial charge in [0, 0.05) is 32.7 Å². The van der Waals surface area contributed by atoms with Gasteiger partial charge in [-0.1, -0.05) is 570 Å². The molecule has 1 aliphatic carbocycles. The topological polar surface area (TPSA) is 0 Å². The summed E-state index contributed by atoms with van der Waals surface area (Å²) in [5, 5.41) is 13.3. The molecular weight excluding hydrogens is 1750 g/mol. The van der Waals surface area contributed by atoms with Crippen LogP contribution in [0.2, 0.25) is 0 Å². The standard InChI is InChI=1S/C28H22.C25H18.C25H20.C20H14.C12H10.C10H8.C6H6.2C6H5.Y/c1-3-11-21(12-4-1)19-27-23-15-7-9-17-25(23)28(20-22-13-5-2-6-14-22)26-18-10-8-16-24(26)27;1-3-11-19(12-4-1)25(20-13-5-2-6-14-20)23-17-9-7-15-21(23)22-16-8-10-18-24(22)25;1-5-13-21(14-6-1)25(22-15-7-2-8-16-22,23-17-9-3-10-18-23)24-19-11-4-12-20-24;1-3-11-17-15(7-1)9-5-13-19(17)20-14-6-10-16-8-2-4-12-18(16)20;1-3-7-11(8-4-1)12-9-5-2-6-10-12;1-2-6-10-8-4-3-7-9(10)5-1;3*1-2-4-6-5-3-1;/h1-18H,19-20H2;1-18H;1-20H;1-14H;1-10H;1-8H;1-6H;2*1-5H;/q;;;;;;;2*-1;. The zero-order valence-corrected chi connectivity index (χ0v) is 80.9. The molecule has 0 spiro atoms. The second-order valence-electron chi connectivity index (χ2n) is 33.6. The molecule has 0 unspecified atom stereocenters. The van der Waals surface area contributed by atoms with E-state index in [1.165, 1.54) is 154 Å². The zero-order valence-electron chi connectivity index (χ0n) is 78.0. The first-order valence-corrected chi connectivity index (χ1v) is 47.4. The molecule has 0 aliphatic heterocycles. The summed E-state index contributed by atoms with van der Waals surface area (Å²) in [4.78, 5) is 0. The van der Waals surface area contributed by atoms with Gasteiger partial charge < -0.3 is 0 Å². The van der Waals surface area contributed by atoms with Gasteiger partial charge in [0.1, 0.15) is 0 Å². The molecule has 25 rings (SSSR count). The van der Waals surface area contributed by atoms with Crippen LogP contribution in [-0.2, 0) is 56.4 Å². The Balaban J connectivity index is 0.000000118. The number of hydrogen-bond acceptors (Lipinski definition) is 0.